The number of thioether (sulfide) groups is 1. The monoisotopic (exact) mass is 566 g/mol. The first-order chi connectivity index (χ1) is 14.7. The molecule has 0 N–H and O–H groups in total. The van der Waals surface area contributed by atoms with Crippen LogP contribution in [0.2, 0.25) is 5.02 Å². The van der Waals surface area contributed by atoms with E-state index in [1.807, 2.05) is 44.2 Å². The second-order valence-electron chi connectivity index (χ2n) is 7.14. The van der Waals surface area contributed by atoms with Crippen LogP contribution in [0.15, 0.2) is 53.4 Å². The summed E-state index contributed by atoms with van der Waals surface area (Å²) >= 11 is 9.23. The molecule has 2 heterocycles. The largest absolute Gasteiger partial charge is 0.318 e. The van der Waals surface area contributed by atoms with Gasteiger partial charge in [0.1, 0.15) is 5.82 Å². The van der Waals surface area contributed by atoms with E-state index in [0.29, 0.717) is 10.5 Å². The van der Waals surface area contributed by atoms with E-state index in [9.17, 15) is 14.0 Å². The normalized spacial score (nSPS) is 15.4. The Balaban J connectivity index is 1.62. The molecule has 3 aromatic rings. The number of nitrogens with zero attached hydrogens (tertiary/aromatic N) is 2. The zero-order valence-electron chi connectivity index (χ0n) is 16.7. The molecule has 4 nitrogen and oxygen atoms in total. The summed E-state index contributed by atoms with van der Waals surface area (Å²) in [5, 5.41) is -0.188. The van der Waals surface area contributed by atoms with Gasteiger partial charge in [-0.3, -0.25) is 14.5 Å². The summed E-state index contributed by atoms with van der Waals surface area (Å²) in [7, 11) is 0. The van der Waals surface area contributed by atoms with Crippen molar-refractivity contribution in [2.24, 2.45) is 0 Å². The maximum absolute atomic E-state index is 13.3. The Morgan fingerprint density at radius 3 is 2.48 bits per heavy atom. The van der Waals surface area contributed by atoms with Crippen LogP contribution in [0.1, 0.15) is 22.5 Å². The van der Waals surface area contributed by atoms with Crippen molar-refractivity contribution in [2.45, 2.75) is 20.4 Å². The van der Waals surface area contributed by atoms with Gasteiger partial charge in [0.05, 0.1) is 11.4 Å². The van der Waals surface area contributed by atoms with Crippen molar-refractivity contribution in [3.8, 4) is 5.69 Å². The third-order valence-electron chi connectivity index (χ3n) is 5.06. The molecule has 1 aliphatic rings. The number of carbonyl (C=O) groups is 2. The molecule has 1 saturated heterocycles. The van der Waals surface area contributed by atoms with Crippen LogP contribution in [0.3, 0.4) is 0 Å². The van der Waals surface area contributed by atoms with Gasteiger partial charge in [-0.2, -0.15) is 0 Å². The van der Waals surface area contributed by atoms with Gasteiger partial charge in [0.2, 0.25) is 0 Å². The Hall–Kier alpha value is -2.10. The standard InChI is InChI=1S/C23H17ClFIN2O2S/c1-13-9-16(14(2)28(13)19-7-5-18(26)6-8-19)10-21-22(29)27(23(30)31-21)12-15-3-4-17(25)11-20(15)24/h3-11H,12H2,1-2H3/b21-10-. The van der Waals surface area contributed by atoms with E-state index in [-0.39, 0.29) is 22.7 Å². The Morgan fingerprint density at radius 2 is 1.81 bits per heavy atom. The van der Waals surface area contributed by atoms with E-state index in [1.54, 1.807) is 6.08 Å². The number of halogens is 3. The van der Waals surface area contributed by atoms with Crippen LogP contribution in [0, 0.1) is 23.2 Å². The molecule has 1 aliphatic heterocycles. The number of amides is 2. The topological polar surface area (TPSA) is 42.3 Å². The number of hydrogen-bond acceptors (Lipinski definition) is 3. The average molecular weight is 567 g/mol. The smallest absolute Gasteiger partial charge is 0.293 e. The van der Waals surface area contributed by atoms with E-state index in [4.69, 9.17) is 11.6 Å². The van der Waals surface area contributed by atoms with Crippen molar-refractivity contribution in [1.82, 2.24) is 9.47 Å². The van der Waals surface area contributed by atoms with Crippen LogP contribution in [0.4, 0.5) is 9.18 Å². The minimum Gasteiger partial charge on any atom is -0.318 e. The molecule has 0 unspecified atom stereocenters. The Kier molecular flexibility index (Phi) is 6.27. The number of carbonyl (C=O) groups excluding carboxylic acids is 2. The molecular weight excluding hydrogens is 550 g/mol. The molecule has 0 saturated carbocycles. The van der Waals surface area contributed by atoms with Gasteiger partial charge in [-0.15, -0.1) is 0 Å². The summed E-state index contributed by atoms with van der Waals surface area (Å²) < 4.78 is 16.6. The third-order valence-corrected chi connectivity index (χ3v) is 7.04. The number of imide groups is 1. The van der Waals surface area contributed by atoms with Crippen LogP contribution >= 0.6 is 46.0 Å². The average Bonchev–Trinajstić information content (AvgIpc) is 3.14. The quantitative estimate of drug-likeness (QED) is 0.260. The highest BCUT2D eigenvalue weighted by Crippen LogP contribution is 2.35. The number of rotatable bonds is 4. The van der Waals surface area contributed by atoms with Crippen LogP contribution in [-0.2, 0) is 11.3 Å². The lowest BCUT2D eigenvalue weighted by Gasteiger charge is -2.13. The zero-order chi connectivity index (χ0) is 22.3. The lowest BCUT2D eigenvalue weighted by atomic mass is 10.2. The molecule has 0 atom stereocenters. The fourth-order valence-corrected chi connectivity index (χ4v) is 4.93. The lowest BCUT2D eigenvalue weighted by molar-refractivity contribution is -0.123. The number of hydrogen-bond donors (Lipinski definition) is 0. The fraction of sp³-hybridized carbons (Fsp3) is 0.130. The summed E-state index contributed by atoms with van der Waals surface area (Å²) in [6, 6.07) is 14.1. The van der Waals surface area contributed by atoms with E-state index < -0.39 is 5.82 Å². The van der Waals surface area contributed by atoms with Crippen molar-refractivity contribution >= 4 is 63.2 Å². The summed E-state index contributed by atoms with van der Waals surface area (Å²) in [6.07, 6.45) is 1.75. The van der Waals surface area contributed by atoms with E-state index in [1.165, 1.54) is 18.2 Å². The van der Waals surface area contributed by atoms with Crippen LogP contribution in [0.25, 0.3) is 11.8 Å². The molecule has 2 aromatic carbocycles. The highest BCUT2D eigenvalue weighted by Gasteiger charge is 2.35. The predicted molar refractivity (Wildman–Crippen MR) is 131 cm³/mol. The summed E-state index contributed by atoms with van der Waals surface area (Å²) in [4.78, 5) is 26.9. The molecule has 2 amide bonds. The van der Waals surface area contributed by atoms with E-state index in [2.05, 4.69) is 27.2 Å². The molecule has 4 rings (SSSR count). The minimum atomic E-state index is -0.466. The van der Waals surface area contributed by atoms with Gasteiger partial charge in [-0.25, -0.2) is 4.39 Å². The number of benzene rings is 2. The highest BCUT2D eigenvalue weighted by molar-refractivity contribution is 14.1. The molecule has 8 heteroatoms. The van der Waals surface area contributed by atoms with Crippen molar-refractivity contribution in [1.29, 1.82) is 0 Å². The SMILES string of the molecule is Cc1cc(/C=C2\SC(=O)N(Cc3ccc(F)cc3Cl)C2=O)c(C)n1-c1ccc(I)cc1. The third kappa shape index (κ3) is 4.44. The van der Waals surface area contributed by atoms with Gasteiger partial charge in [0, 0.05) is 25.7 Å². The molecule has 31 heavy (non-hydrogen) atoms. The van der Waals surface area contributed by atoms with E-state index >= 15 is 0 Å². The maximum atomic E-state index is 13.3. The number of aryl methyl sites for hydroxylation is 1. The van der Waals surface area contributed by atoms with Crippen molar-refractivity contribution < 1.29 is 14.0 Å². The predicted octanol–water partition coefficient (Wildman–Crippen LogP) is 6.73. The van der Waals surface area contributed by atoms with Gasteiger partial charge < -0.3 is 4.57 Å². The van der Waals surface area contributed by atoms with Gasteiger partial charge >= 0.3 is 0 Å². The highest BCUT2D eigenvalue weighted by atomic mass is 127. The molecule has 0 spiro atoms. The Labute approximate surface area is 202 Å². The summed E-state index contributed by atoms with van der Waals surface area (Å²) in [5.41, 5.74) is 4.44. The van der Waals surface area contributed by atoms with Gasteiger partial charge in [-0.05, 0) is 108 Å². The second-order valence-corrected chi connectivity index (χ2v) is 9.79. The molecule has 0 bridgehead atoms. The van der Waals surface area contributed by atoms with Gasteiger partial charge in [-0.1, -0.05) is 17.7 Å². The van der Waals surface area contributed by atoms with Crippen molar-refractivity contribution in [2.75, 3.05) is 0 Å². The van der Waals surface area contributed by atoms with Crippen molar-refractivity contribution in [3.63, 3.8) is 0 Å². The minimum absolute atomic E-state index is 0.00277. The number of aromatic nitrogens is 1. The summed E-state index contributed by atoms with van der Waals surface area (Å²) in [6.45, 7) is 3.99. The van der Waals surface area contributed by atoms with Gasteiger partial charge in [0.25, 0.3) is 11.1 Å². The molecule has 1 fully saturated rings. The molecule has 0 aliphatic carbocycles. The first-order valence-corrected chi connectivity index (χ1v) is 11.7. The summed E-state index contributed by atoms with van der Waals surface area (Å²) in [5.74, 6) is -0.847. The lowest BCUT2D eigenvalue weighted by Crippen LogP contribution is -2.27. The molecular formula is C23H17ClFIN2O2S. The molecule has 158 valence electrons. The second kappa shape index (κ2) is 8.80. The van der Waals surface area contributed by atoms with Gasteiger partial charge in [0.15, 0.2) is 0 Å². The van der Waals surface area contributed by atoms with Crippen molar-refractivity contribution in [3.05, 3.63) is 90.4 Å². The van der Waals surface area contributed by atoms with E-state index in [0.717, 1.165) is 42.9 Å². The maximum Gasteiger partial charge on any atom is 0.293 e. The van der Waals surface area contributed by atoms with Crippen LogP contribution < -0.4 is 0 Å². The van der Waals surface area contributed by atoms with Crippen LogP contribution in [-0.4, -0.2) is 20.6 Å². The Bertz CT molecular complexity index is 1240. The first-order valence-electron chi connectivity index (χ1n) is 9.39. The van der Waals surface area contributed by atoms with Crippen LogP contribution in [0.5, 0.6) is 0 Å². The zero-order valence-corrected chi connectivity index (χ0v) is 20.4. The first kappa shape index (κ1) is 22.1. The Morgan fingerprint density at radius 1 is 1.10 bits per heavy atom. The fourth-order valence-electron chi connectivity index (χ4n) is 3.52. The molecule has 0 radical (unpaired) electrons. The molecule has 1 aromatic heterocycles.